The molecule has 0 saturated heterocycles. The van der Waals surface area contributed by atoms with Gasteiger partial charge in [0, 0.05) is 12.3 Å². The van der Waals surface area contributed by atoms with E-state index in [4.69, 9.17) is 4.52 Å². The number of hydrogen-bond acceptors (Lipinski definition) is 6. The number of rotatable bonds is 3. The van der Waals surface area contributed by atoms with Gasteiger partial charge in [-0.3, -0.25) is 9.78 Å². The van der Waals surface area contributed by atoms with E-state index in [0.717, 1.165) is 4.31 Å². The van der Waals surface area contributed by atoms with Gasteiger partial charge < -0.3 is 4.52 Å². The lowest BCUT2D eigenvalue weighted by Crippen LogP contribution is -2.29. The predicted octanol–water partition coefficient (Wildman–Crippen LogP) is 2.08. The van der Waals surface area contributed by atoms with Gasteiger partial charge in [0.05, 0.1) is 17.8 Å². The molecule has 120 valence electrons. The zero-order valence-corrected chi connectivity index (χ0v) is 13.1. The van der Waals surface area contributed by atoms with Crippen LogP contribution in [0.2, 0.25) is 0 Å². The summed E-state index contributed by atoms with van der Waals surface area (Å²) >= 11 is 0. The first kappa shape index (κ1) is 14.6. The first-order valence-corrected chi connectivity index (χ1v) is 8.54. The van der Waals surface area contributed by atoms with Gasteiger partial charge in [-0.2, -0.15) is 0 Å². The molecule has 3 aromatic rings. The van der Waals surface area contributed by atoms with Crippen LogP contribution < -0.4 is 0 Å². The molecule has 0 bridgehead atoms. The van der Waals surface area contributed by atoms with Crippen LogP contribution in [0, 0.1) is 0 Å². The number of sulfonamides is 1. The van der Waals surface area contributed by atoms with Crippen molar-refractivity contribution >= 4 is 15.9 Å². The zero-order chi connectivity index (χ0) is 16.7. The molecule has 4 rings (SSSR count). The summed E-state index contributed by atoms with van der Waals surface area (Å²) in [6.45, 7) is -0.213. The first-order valence-electron chi connectivity index (χ1n) is 7.10. The molecule has 1 aliphatic heterocycles. The second-order valence-electron chi connectivity index (χ2n) is 5.21. The minimum absolute atomic E-state index is 0.0134. The molecule has 0 fully saturated rings. The second-order valence-corrected chi connectivity index (χ2v) is 7.04. The van der Waals surface area contributed by atoms with Crippen LogP contribution in [0.1, 0.15) is 16.1 Å². The molecule has 8 heteroatoms. The van der Waals surface area contributed by atoms with Gasteiger partial charge in [0.15, 0.2) is 5.76 Å². The van der Waals surface area contributed by atoms with E-state index in [1.165, 1.54) is 12.1 Å². The Hall–Kier alpha value is -3.00. The minimum atomic E-state index is -3.87. The van der Waals surface area contributed by atoms with E-state index in [1.807, 2.05) is 6.07 Å². The Balaban J connectivity index is 1.66. The normalized spacial score (nSPS) is 15.5. The number of amides is 1. The van der Waals surface area contributed by atoms with E-state index >= 15 is 0 Å². The van der Waals surface area contributed by atoms with E-state index in [2.05, 4.69) is 10.1 Å². The summed E-state index contributed by atoms with van der Waals surface area (Å²) < 4.78 is 31.0. The molecule has 24 heavy (non-hydrogen) atoms. The topological polar surface area (TPSA) is 93.4 Å². The molecule has 7 nitrogen and oxygen atoms in total. The Kier molecular flexibility index (Phi) is 3.20. The highest BCUT2D eigenvalue weighted by atomic mass is 32.2. The zero-order valence-electron chi connectivity index (χ0n) is 12.3. The van der Waals surface area contributed by atoms with Crippen LogP contribution in [0.4, 0.5) is 0 Å². The Morgan fingerprint density at radius 3 is 2.58 bits per heavy atom. The van der Waals surface area contributed by atoms with Crippen LogP contribution in [-0.4, -0.2) is 28.8 Å². The summed E-state index contributed by atoms with van der Waals surface area (Å²) in [5.74, 6) is -0.304. The van der Waals surface area contributed by atoms with Gasteiger partial charge in [-0.05, 0) is 24.3 Å². The van der Waals surface area contributed by atoms with E-state index in [9.17, 15) is 13.2 Å². The molecule has 1 amide bonds. The van der Waals surface area contributed by atoms with Crippen molar-refractivity contribution in [3.8, 4) is 11.4 Å². The van der Waals surface area contributed by atoms with Crippen LogP contribution in [0.15, 0.2) is 64.1 Å². The van der Waals surface area contributed by atoms with Crippen molar-refractivity contribution in [2.75, 3.05) is 0 Å². The summed E-state index contributed by atoms with van der Waals surface area (Å²) in [7, 11) is -3.87. The molecule has 0 atom stereocenters. The number of carbonyl (C=O) groups is 1. The highest BCUT2D eigenvalue weighted by molar-refractivity contribution is 7.90. The lowest BCUT2D eigenvalue weighted by molar-refractivity contribution is 0.0856. The lowest BCUT2D eigenvalue weighted by Gasteiger charge is -2.12. The summed E-state index contributed by atoms with van der Waals surface area (Å²) in [5, 5.41) is 3.88. The molecule has 2 aromatic heterocycles. The number of pyridine rings is 1. The number of carbonyl (C=O) groups excluding carboxylic acids is 1. The van der Waals surface area contributed by atoms with Crippen LogP contribution in [0.5, 0.6) is 0 Å². The minimum Gasteiger partial charge on any atom is -0.359 e. The lowest BCUT2D eigenvalue weighted by atomic mass is 10.2. The highest BCUT2D eigenvalue weighted by Gasteiger charge is 2.41. The van der Waals surface area contributed by atoms with Crippen LogP contribution in [0.25, 0.3) is 11.4 Å². The van der Waals surface area contributed by atoms with Gasteiger partial charge in [0.2, 0.25) is 0 Å². The summed E-state index contributed by atoms with van der Waals surface area (Å²) in [5.41, 5.74) is 1.25. The first-order chi connectivity index (χ1) is 11.6. The van der Waals surface area contributed by atoms with Crippen molar-refractivity contribution in [3.05, 3.63) is 66.1 Å². The van der Waals surface area contributed by atoms with Crippen LogP contribution in [-0.2, 0) is 16.6 Å². The Bertz CT molecular complexity index is 1030. The van der Waals surface area contributed by atoms with Crippen molar-refractivity contribution in [1.29, 1.82) is 0 Å². The third-order valence-corrected chi connectivity index (χ3v) is 5.48. The average Bonchev–Trinajstić information content (AvgIpc) is 3.14. The largest absolute Gasteiger partial charge is 0.359 e. The molecular weight excluding hydrogens is 330 g/mol. The maximum atomic E-state index is 12.5. The molecule has 3 heterocycles. The number of aromatic nitrogens is 2. The van der Waals surface area contributed by atoms with Gasteiger partial charge in [-0.1, -0.05) is 23.4 Å². The molecule has 0 saturated carbocycles. The van der Waals surface area contributed by atoms with Crippen molar-refractivity contribution in [3.63, 3.8) is 0 Å². The smallest absolute Gasteiger partial charge is 0.269 e. The SMILES string of the molecule is O=C1c2ccccc2S(=O)(=O)N1Cc1cc(-c2ccccn2)no1. The van der Waals surface area contributed by atoms with Crippen LogP contribution >= 0.6 is 0 Å². The standard InChI is InChI=1S/C16H11N3O4S/c20-16-12-5-1-2-7-15(12)24(21,22)19(16)10-11-9-14(18-23-11)13-6-3-4-8-17-13/h1-9H,10H2. The molecular formula is C16H11N3O4S. The molecule has 0 radical (unpaired) electrons. The summed E-state index contributed by atoms with van der Waals surface area (Å²) in [6.07, 6.45) is 1.62. The second kappa shape index (κ2) is 5.27. The molecule has 1 aromatic carbocycles. The predicted molar refractivity (Wildman–Crippen MR) is 83.2 cm³/mol. The van der Waals surface area contributed by atoms with E-state index in [-0.39, 0.29) is 22.8 Å². The fourth-order valence-corrected chi connectivity index (χ4v) is 4.09. The van der Waals surface area contributed by atoms with Gasteiger partial charge in [-0.25, -0.2) is 12.7 Å². The molecule has 1 aliphatic rings. The quantitative estimate of drug-likeness (QED) is 0.724. The Labute approximate surface area is 137 Å². The number of fused-ring (bicyclic) bond motifs is 1. The fourth-order valence-electron chi connectivity index (χ4n) is 2.55. The summed E-state index contributed by atoms with van der Waals surface area (Å²) in [6, 6.07) is 13.0. The number of benzene rings is 1. The third kappa shape index (κ3) is 2.19. The molecule has 0 aliphatic carbocycles. The maximum Gasteiger partial charge on any atom is 0.269 e. The third-order valence-electron chi connectivity index (χ3n) is 3.70. The van der Waals surface area contributed by atoms with Crippen molar-refractivity contribution in [2.24, 2.45) is 0 Å². The van der Waals surface area contributed by atoms with Gasteiger partial charge >= 0.3 is 0 Å². The average molecular weight is 341 g/mol. The number of nitrogens with zero attached hydrogens (tertiary/aromatic N) is 3. The van der Waals surface area contributed by atoms with Crippen molar-refractivity contribution < 1.29 is 17.7 Å². The maximum absolute atomic E-state index is 12.5. The Morgan fingerprint density at radius 1 is 1.04 bits per heavy atom. The summed E-state index contributed by atoms with van der Waals surface area (Å²) in [4.78, 5) is 16.5. The number of hydrogen-bond donors (Lipinski definition) is 0. The Morgan fingerprint density at radius 2 is 1.83 bits per heavy atom. The van der Waals surface area contributed by atoms with E-state index in [1.54, 1.807) is 36.5 Å². The van der Waals surface area contributed by atoms with E-state index in [0.29, 0.717) is 11.4 Å². The van der Waals surface area contributed by atoms with Gasteiger partial charge in [0.25, 0.3) is 15.9 Å². The van der Waals surface area contributed by atoms with Gasteiger partial charge in [0.1, 0.15) is 10.6 Å². The monoisotopic (exact) mass is 341 g/mol. The van der Waals surface area contributed by atoms with Gasteiger partial charge in [-0.15, -0.1) is 0 Å². The van der Waals surface area contributed by atoms with E-state index < -0.39 is 15.9 Å². The fraction of sp³-hybridized carbons (Fsp3) is 0.0625. The van der Waals surface area contributed by atoms with Crippen molar-refractivity contribution in [2.45, 2.75) is 11.4 Å². The van der Waals surface area contributed by atoms with Crippen LogP contribution in [0.3, 0.4) is 0 Å². The molecule has 0 N–H and O–H groups in total. The van der Waals surface area contributed by atoms with Crippen molar-refractivity contribution in [1.82, 2.24) is 14.4 Å². The highest BCUT2D eigenvalue weighted by Crippen LogP contribution is 2.31. The molecule has 0 unspecified atom stereocenters. The molecule has 0 spiro atoms.